The summed E-state index contributed by atoms with van der Waals surface area (Å²) in [5, 5.41) is 14.7. The summed E-state index contributed by atoms with van der Waals surface area (Å²) >= 11 is 1.63. The zero-order valence-corrected chi connectivity index (χ0v) is 13.0. The molecule has 5 heteroatoms. The number of carboxylic acid groups (broad SMARTS) is 1. The number of thiophene rings is 1. The van der Waals surface area contributed by atoms with Crippen LogP contribution >= 0.6 is 11.3 Å². The minimum absolute atomic E-state index is 0.0743. The fourth-order valence-electron chi connectivity index (χ4n) is 2.97. The van der Waals surface area contributed by atoms with Crippen LogP contribution in [-0.2, 0) is 4.79 Å². The molecule has 1 aliphatic heterocycles. The van der Waals surface area contributed by atoms with E-state index in [1.54, 1.807) is 11.3 Å². The summed E-state index contributed by atoms with van der Waals surface area (Å²) < 4.78 is 0. The van der Waals surface area contributed by atoms with Gasteiger partial charge in [-0.25, -0.2) is 0 Å². The molecular weight excluding hydrogens is 272 g/mol. The third kappa shape index (κ3) is 4.30. The highest BCUT2D eigenvalue weighted by atomic mass is 32.1. The van der Waals surface area contributed by atoms with Crippen LogP contribution < -0.4 is 5.32 Å². The maximum Gasteiger partial charge on any atom is 0.305 e. The molecule has 2 N–H and O–H groups in total. The lowest BCUT2D eigenvalue weighted by Gasteiger charge is -2.35. The minimum Gasteiger partial charge on any atom is -0.481 e. The number of nitrogens with one attached hydrogen (secondary N) is 1. The average molecular weight is 296 g/mol. The van der Waals surface area contributed by atoms with E-state index >= 15 is 0 Å². The van der Waals surface area contributed by atoms with Gasteiger partial charge in [-0.1, -0.05) is 6.07 Å². The van der Waals surface area contributed by atoms with Crippen molar-refractivity contribution >= 4 is 17.3 Å². The van der Waals surface area contributed by atoms with Gasteiger partial charge in [-0.15, -0.1) is 11.3 Å². The molecule has 0 spiro atoms. The smallest absolute Gasteiger partial charge is 0.305 e. The van der Waals surface area contributed by atoms with Gasteiger partial charge in [0.2, 0.25) is 0 Å². The highest BCUT2D eigenvalue weighted by molar-refractivity contribution is 7.10. The fraction of sp³-hybridized carbons (Fsp3) is 0.667. The molecule has 1 fully saturated rings. The van der Waals surface area contributed by atoms with Crippen molar-refractivity contribution in [3.05, 3.63) is 22.4 Å². The second-order valence-corrected chi connectivity index (χ2v) is 6.77. The summed E-state index contributed by atoms with van der Waals surface area (Å²) in [5.74, 6) is -0.145. The zero-order chi connectivity index (χ0) is 14.5. The summed E-state index contributed by atoms with van der Waals surface area (Å²) in [6.07, 6.45) is 2.60. The number of piperidine rings is 1. The van der Waals surface area contributed by atoms with E-state index in [-0.39, 0.29) is 12.5 Å². The third-order valence-corrected chi connectivity index (χ3v) is 5.08. The molecule has 0 saturated carbocycles. The Bertz CT molecular complexity index is 422. The maximum atomic E-state index is 11.1. The van der Waals surface area contributed by atoms with Crippen LogP contribution in [0.2, 0.25) is 0 Å². The highest BCUT2D eigenvalue weighted by Crippen LogP contribution is 2.26. The summed E-state index contributed by atoms with van der Waals surface area (Å²) in [7, 11) is 2.16. The Hall–Kier alpha value is -0.910. The van der Waals surface area contributed by atoms with Crippen LogP contribution in [0, 0.1) is 5.92 Å². The Kier molecular flexibility index (Phi) is 5.57. The van der Waals surface area contributed by atoms with E-state index in [9.17, 15) is 4.79 Å². The molecule has 2 heterocycles. The predicted octanol–water partition coefficient (Wildman–Crippen LogP) is 2.58. The molecule has 1 aliphatic rings. The Balaban J connectivity index is 1.98. The topological polar surface area (TPSA) is 52.6 Å². The van der Waals surface area contributed by atoms with Crippen molar-refractivity contribution in [2.45, 2.75) is 38.3 Å². The first kappa shape index (κ1) is 15.5. The van der Waals surface area contributed by atoms with E-state index in [4.69, 9.17) is 5.11 Å². The van der Waals surface area contributed by atoms with Crippen molar-refractivity contribution in [3.8, 4) is 0 Å². The van der Waals surface area contributed by atoms with Gasteiger partial charge in [0.1, 0.15) is 0 Å². The summed E-state index contributed by atoms with van der Waals surface area (Å²) in [6, 6.07) is 4.26. The lowest BCUT2D eigenvalue weighted by molar-refractivity contribution is -0.137. The first-order valence-corrected chi connectivity index (χ1v) is 8.14. The van der Waals surface area contributed by atoms with E-state index in [2.05, 4.69) is 24.2 Å². The number of rotatable bonds is 6. The Morgan fingerprint density at radius 2 is 2.45 bits per heavy atom. The summed E-state index contributed by atoms with van der Waals surface area (Å²) in [6.45, 7) is 4.46. The normalized spacial score (nSPS) is 23.4. The number of likely N-dealkylation sites (tertiary alicyclic amines) is 1. The molecule has 0 radical (unpaired) electrons. The number of carboxylic acids is 1. The maximum absolute atomic E-state index is 11.1. The van der Waals surface area contributed by atoms with Gasteiger partial charge >= 0.3 is 5.97 Å². The monoisotopic (exact) mass is 296 g/mol. The van der Waals surface area contributed by atoms with Crippen LogP contribution in [0.4, 0.5) is 0 Å². The first-order chi connectivity index (χ1) is 9.56. The van der Waals surface area contributed by atoms with E-state index in [0.717, 1.165) is 11.4 Å². The van der Waals surface area contributed by atoms with Gasteiger partial charge in [0.15, 0.2) is 0 Å². The van der Waals surface area contributed by atoms with Crippen LogP contribution in [0.25, 0.3) is 0 Å². The van der Waals surface area contributed by atoms with Crippen LogP contribution in [-0.4, -0.2) is 42.2 Å². The number of carbonyl (C=O) groups is 1. The Morgan fingerprint density at radius 1 is 1.65 bits per heavy atom. The van der Waals surface area contributed by atoms with Gasteiger partial charge in [0.05, 0.1) is 12.5 Å². The quantitative estimate of drug-likeness (QED) is 0.847. The van der Waals surface area contributed by atoms with Gasteiger partial charge in [0, 0.05) is 17.5 Å². The third-order valence-electron chi connectivity index (χ3n) is 4.10. The van der Waals surface area contributed by atoms with Crippen molar-refractivity contribution in [3.63, 3.8) is 0 Å². The molecule has 3 unspecified atom stereocenters. The first-order valence-electron chi connectivity index (χ1n) is 7.26. The molecule has 4 nitrogen and oxygen atoms in total. The molecule has 3 atom stereocenters. The SMILES string of the molecule is CC(NC(CC(=O)O)c1cccs1)C1CCCN(C)C1. The zero-order valence-electron chi connectivity index (χ0n) is 12.2. The molecule has 1 aromatic rings. The van der Waals surface area contributed by atoms with Crippen molar-refractivity contribution < 1.29 is 9.90 Å². The molecule has 0 amide bonds. The van der Waals surface area contributed by atoms with Crippen LogP contribution in [0.5, 0.6) is 0 Å². The molecule has 0 bridgehead atoms. The second kappa shape index (κ2) is 7.20. The molecule has 0 aromatic carbocycles. The second-order valence-electron chi connectivity index (χ2n) is 5.79. The van der Waals surface area contributed by atoms with Gasteiger partial charge in [0.25, 0.3) is 0 Å². The lowest BCUT2D eigenvalue weighted by Crippen LogP contribution is -2.44. The van der Waals surface area contributed by atoms with Crippen LogP contribution in [0.15, 0.2) is 17.5 Å². The largest absolute Gasteiger partial charge is 0.481 e. The van der Waals surface area contributed by atoms with E-state index in [1.165, 1.54) is 19.4 Å². The molecule has 1 aromatic heterocycles. The molecular formula is C15H24N2O2S. The van der Waals surface area contributed by atoms with Crippen LogP contribution in [0.1, 0.15) is 37.1 Å². The minimum atomic E-state index is -0.746. The average Bonchev–Trinajstić information content (AvgIpc) is 2.91. The summed E-state index contributed by atoms with van der Waals surface area (Å²) in [5.41, 5.74) is 0. The number of hydrogen-bond donors (Lipinski definition) is 2. The van der Waals surface area contributed by atoms with E-state index < -0.39 is 5.97 Å². The lowest BCUT2D eigenvalue weighted by atomic mass is 9.91. The Morgan fingerprint density at radius 3 is 3.05 bits per heavy atom. The van der Waals surface area contributed by atoms with E-state index in [0.29, 0.717) is 12.0 Å². The standard InChI is InChI=1S/C15H24N2O2S/c1-11(12-5-3-7-17(2)10-12)16-13(9-15(18)19)14-6-4-8-20-14/h4,6,8,11-13,16H,3,5,7,9-10H2,1-2H3,(H,18,19). The summed E-state index contributed by atoms with van der Waals surface area (Å²) in [4.78, 5) is 14.6. The van der Waals surface area contributed by atoms with Gasteiger partial charge in [-0.05, 0) is 50.7 Å². The Labute approximate surface area is 124 Å². The van der Waals surface area contributed by atoms with Gasteiger partial charge in [-0.2, -0.15) is 0 Å². The number of nitrogens with zero attached hydrogens (tertiary/aromatic N) is 1. The van der Waals surface area contributed by atoms with Gasteiger partial charge < -0.3 is 15.3 Å². The number of aliphatic carboxylic acids is 1. The molecule has 1 saturated heterocycles. The molecule has 0 aliphatic carbocycles. The van der Waals surface area contributed by atoms with E-state index in [1.807, 2.05) is 17.5 Å². The fourth-order valence-corrected chi connectivity index (χ4v) is 3.76. The highest BCUT2D eigenvalue weighted by Gasteiger charge is 2.26. The van der Waals surface area contributed by atoms with Crippen molar-refractivity contribution in [1.82, 2.24) is 10.2 Å². The van der Waals surface area contributed by atoms with Crippen molar-refractivity contribution in [2.75, 3.05) is 20.1 Å². The molecule has 2 rings (SSSR count). The number of hydrogen-bond acceptors (Lipinski definition) is 4. The van der Waals surface area contributed by atoms with Crippen molar-refractivity contribution in [1.29, 1.82) is 0 Å². The van der Waals surface area contributed by atoms with Crippen LogP contribution in [0.3, 0.4) is 0 Å². The predicted molar refractivity (Wildman–Crippen MR) is 82.1 cm³/mol. The van der Waals surface area contributed by atoms with Crippen molar-refractivity contribution in [2.24, 2.45) is 5.92 Å². The molecule has 112 valence electrons. The van der Waals surface area contributed by atoms with Gasteiger partial charge in [-0.3, -0.25) is 4.79 Å². The molecule has 20 heavy (non-hydrogen) atoms.